The second kappa shape index (κ2) is 18.0. The molecule has 4 aromatic rings. The Balaban J connectivity index is 0.000000174. The number of amides is 2. The fourth-order valence-electron chi connectivity index (χ4n) is 6.84. The molecule has 3 heterocycles. The minimum absolute atomic E-state index is 0.230. The molecule has 7 rings (SSSR count). The summed E-state index contributed by atoms with van der Waals surface area (Å²) in [5.41, 5.74) is 4.69. The van der Waals surface area contributed by atoms with Crippen molar-refractivity contribution in [3.05, 3.63) is 112 Å². The lowest BCUT2D eigenvalue weighted by Crippen LogP contribution is -2.41. The summed E-state index contributed by atoms with van der Waals surface area (Å²) < 4.78 is 24.1. The fourth-order valence-corrected chi connectivity index (χ4v) is 7.35. The Labute approximate surface area is 355 Å². The second-order valence-corrected chi connectivity index (χ2v) is 19.3. The number of fused-ring (bicyclic) bond motifs is 2. The molecular formula is C48H62BBrN2O6. The summed E-state index contributed by atoms with van der Waals surface area (Å²) in [7, 11) is -0.314. The third kappa shape index (κ3) is 11.8. The van der Waals surface area contributed by atoms with Gasteiger partial charge < -0.3 is 28.6 Å². The van der Waals surface area contributed by atoms with E-state index in [1.54, 1.807) is 9.80 Å². The van der Waals surface area contributed by atoms with Crippen LogP contribution in [0.5, 0.6) is 0 Å². The van der Waals surface area contributed by atoms with Crippen molar-refractivity contribution >= 4 is 62.4 Å². The zero-order chi connectivity index (χ0) is 42.6. The van der Waals surface area contributed by atoms with Crippen molar-refractivity contribution in [2.24, 2.45) is 0 Å². The molecule has 3 aliphatic heterocycles. The van der Waals surface area contributed by atoms with E-state index in [0.29, 0.717) is 26.2 Å². The van der Waals surface area contributed by atoms with Crippen LogP contribution in [0.4, 0.5) is 9.59 Å². The van der Waals surface area contributed by atoms with Gasteiger partial charge in [-0.25, -0.2) is 9.59 Å². The van der Waals surface area contributed by atoms with Gasteiger partial charge in [0.15, 0.2) is 0 Å². The molecule has 0 N–H and O–H groups in total. The van der Waals surface area contributed by atoms with E-state index in [9.17, 15) is 9.59 Å². The molecule has 8 nitrogen and oxygen atoms in total. The number of hydrogen-bond donors (Lipinski definition) is 0. The topological polar surface area (TPSA) is 77.5 Å². The van der Waals surface area contributed by atoms with Gasteiger partial charge in [0.1, 0.15) is 11.2 Å². The second-order valence-electron chi connectivity index (χ2n) is 18.4. The van der Waals surface area contributed by atoms with Crippen LogP contribution >= 0.6 is 15.9 Å². The van der Waals surface area contributed by atoms with Gasteiger partial charge >= 0.3 is 19.3 Å². The maximum atomic E-state index is 12.2. The molecule has 3 aliphatic rings. The van der Waals surface area contributed by atoms with Gasteiger partial charge in [-0.2, -0.15) is 0 Å². The molecule has 0 aromatic heterocycles. The van der Waals surface area contributed by atoms with E-state index in [1.807, 2.05) is 75.3 Å². The van der Waals surface area contributed by atoms with Gasteiger partial charge in [-0.1, -0.05) is 106 Å². The molecule has 58 heavy (non-hydrogen) atoms. The van der Waals surface area contributed by atoms with Gasteiger partial charge in [0, 0.05) is 30.7 Å². The predicted octanol–water partition coefficient (Wildman–Crippen LogP) is 12.3. The summed E-state index contributed by atoms with van der Waals surface area (Å²) in [5.74, 6) is 0. The molecule has 0 radical (unpaired) electrons. The van der Waals surface area contributed by atoms with Crippen molar-refractivity contribution < 1.29 is 28.4 Å². The first-order valence-electron chi connectivity index (χ1n) is 20.4. The van der Waals surface area contributed by atoms with E-state index >= 15 is 0 Å². The molecule has 0 saturated carbocycles. The van der Waals surface area contributed by atoms with Crippen molar-refractivity contribution in [2.75, 3.05) is 26.2 Å². The average molecular weight is 854 g/mol. The largest absolute Gasteiger partial charge is 0.490 e. The molecule has 2 amide bonds. The quantitative estimate of drug-likeness (QED) is 0.187. The van der Waals surface area contributed by atoms with Gasteiger partial charge in [0.2, 0.25) is 0 Å². The zero-order valence-corrected chi connectivity index (χ0v) is 38.2. The third-order valence-electron chi connectivity index (χ3n) is 10.7. The molecule has 0 bridgehead atoms. The van der Waals surface area contributed by atoms with Crippen LogP contribution in [0.25, 0.3) is 27.1 Å². The molecule has 4 aromatic carbocycles. The van der Waals surface area contributed by atoms with Gasteiger partial charge in [0.25, 0.3) is 0 Å². The first kappa shape index (κ1) is 45.0. The standard InChI is InChI=1S/C21H25NO2.C16H28BNO4.C11H9Br/c1-15-8-9-19-17(14-15)6-5-7-18(19)16-10-12-22(13-11-16)20(23)24-21(2,3)4;1-14(2,3)20-13(19)18-10-8-12(9-11-18)17-21-15(4,5)16(6,7)22-17;1-8-5-6-10-9(7-8)3-2-4-11(10)12/h5-10,14H,11-13H2,1-4H3;8H,9-11H2,1-7H3;2-7H,1H3. The highest BCUT2D eigenvalue weighted by Gasteiger charge is 2.52. The van der Waals surface area contributed by atoms with Crippen molar-refractivity contribution in [1.29, 1.82) is 0 Å². The highest BCUT2D eigenvalue weighted by atomic mass is 79.9. The summed E-state index contributed by atoms with van der Waals surface area (Å²) in [4.78, 5) is 27.7. The van der Waals surface area contributed by atoms with Gasteiger partial charge in [-0.15, -0.1) is 0 Å². The van der Waals surface area contributed by atoms with Crippen LogP contribution in [0.3, 0.4) is 0 Å². The smallest absolute Gasteiger partial charge is 0.444 e. The monoisotopic (exact) mass is 852 g/mol. The van der Waals surface area contributed by atoms with E-state index in [1.165, 1.54) is 48.3 Å². The van der Waals surface area contributed by atoms with Crippen LogP contribution in [-0.4, -0.2) is 77.7 Å². The molecule has 0 atom stereocenters. The predicted molar refractivity (Wildman–Crippen MR) is 242 cm³/mol. The first-order chi connectivity index (χ1) is 27.0. The molecule has 310 valence electrons. The Morgan fingerprint density at radius 3 is 1.64 bits per heavy atom. The Hall–Kier alpha value is -4.12. The number of carbonyl (C=O) groups is 2. The van der Waals surface area contributed by atoms with Gasteiger partial charge in [-0.3, -0.25) is 0 Å². The Morgan fingerprint density at radius 1 is 0.672 bits per heavy atom. The van der Waals surface area contributed by atoms with Gasteiger partial charge in [0.05, 0.1) is 11.2 Å². The number of rotatable bonds is 2. The molecule has 0 aliphatic carbocycles. The summed E-state index contributed by atoms with van der Waals surface area (Å²) >= 11 is 3.52. The van der Waals surface area contributed by atoms with Crippen molar-refractivity contribution in [3.8, 4) is 0 Å². The number of ether oxygens (including phenoxy) is 2. The molecule has 1 saturated heterocycles. The maximum absolute atomic E-state index is 12.2. The summed E-state index contributed by atoms with van der Waals surface area (Å²) in [6.07, 6.45) is 5.28. The van der Waals surface area contributed by atoms with Crippen LogP contribution in [-0.2, 0) is 18.8 Å². The molecule has 1 fully saturated rings. The summed E-state index contributed by atoms with van der Waals surface area (Å²) in [6.45, 7) is 26.2. The van der Waals surface area contributed by atoms with E-state index in [4.69, 9.17) is 18.8 Å². The van der Waals surface area contributed by atoms with E-state index in [0.717, 1.165) is 18.3 Å². The van der Waals surface area contributed by atoms with Crippen LogP contribution in [0.15, 0.2) is 94.9 Å². The lowest BCUT2D eigenvalue weighted by atomic mass is 9.75. The van der Waals surface area contributed by atoms with Gasteiger partial charge in [-0.05, 0) is 140 Å². The highest BCUT2D eigenvalue weighted by Crippen LogP contribution is 2.39. The normalized spacial score (nSPS) is 17.7. The molecule has 0 spiro atoms. The van der Waals surface area contributed by atoms with Crippen LogP contribution in [0.1, 0.15) is 98.8 Å². The number of aryl methyl sites for hydroxylation is 2. The summed E-state index contributed by atoms with van der Waals surface area (Å²) in [5, 5.41) is 5.12. The molecular weight excluding hydrogens is 791 g/mol. The minimum Gasteiger partial charge on any atom is -0.444 e. The van der Waals surface area contributed by atoms with Crippen LogP contribution < -0.4 is 0 Å². The summed E-state index contributed by atoms with van der Waals surface area (Å²) in [6, 6.07) is 25.7. The average Bonchev–Trinajstić information content (AvgIpc) is 3.36. The number of hydrogen-bond acceptors (Lipinski definition) is 6. The lowest BCUT2D eigenvalue weighted by Gasteiger charge is -2.32. The van der Waals surface area contributed by atoms with Crippen molar-refractivity contribution in [2.45, 2.75) is 118 Å². The highest BCUT2D eigenvalue weighted by molar-refractivity contribution is 9.10. The lowest BCUT2D eigenvalue weighted by molar-refractivity contribution is 0.00578. The Morgan fingerprint density at radius 2 is 1.16 bits per heavy atom. The van der Waals surface area contributed by atoms with Crippen LogP contribution in [0, 0.1) is 13.8 Å². The van der Waals surface area contributed by atoms with E-state index < -0.39 is 11.2 Å². The number of halogens is 1. The van der Waals surface area contributed by atoms with E-state index in [2.05, 4.69) is 109 Å². The Kier molecular flexibility index (Phi) is 14.0. The molecule has 0 unspecified atom stereocenters. The number of nitrogens with zero attached hydrogens (tertiary/aromatic N) is 2. The fraction of sp³-hybridized carbons (Fsp3) is 0.458. The first-order valence-corrected chi connectivity index (χ1v) is 21.2. The number of carbonyl (C=O) groups excluding carboxylic acids is 2. The van der Waals surface area contributed by atoms with Crippen molar-refractivity contribution in [3.63, 3.8) is 0 Å². The number of benzene rings is 4. The van der Waals surface area contributed by atoms with Crippen molar-refractivity contribution in [1.82, 2.24) is 9.80 Å². The third-order valence-corrected chi connectivity index (χ3v) is 11.4. The minimum atomic E-state index is -0.465. The zero-order valence-electron chi connectivity index (χ0n) is 36.6. The SMILES string of the molecule is CC(C)(C)OC(=O)N1CC=C(B2OC(C)(C)C(C)(C)O2)CC1.Cc1ccc2c(Br)cccc2c1.Cc1ccc2c(C3=CCN(C(=O)OC(C)(C)C)CC3)cccc2c1. The maximum Gasteiger partial charge on any atom is 0.490 e. The van der Waals surface area contributed by atoms with Crippen LogP contribution in [0.2, 0.25) is 0 Å². The Bertz CT molecular complexity index is 2160. The van der Waals surface area contributed by atoms with E-state index in [-0.39, 0.29) is 30.5 Å². The molecule has 10 heteroatoms.